The van der Waals surface area contributed by atoms with Gasteiger partial charge in [-0.3, -0.25) is 9.69 Å². The van der Waals surface area contributed by atoms with Crippen LogP contribution in [0.1, 0.15) is 42.5 Å². The predicted octanol–water partition coefficient (Wildman–Crippen LogP) is 3.26. The summed E-state index contributed by atoms with van der Waals surface area (Å²) < 4.78 is 0. The minimum atomic E-state index is 0.171. The largest absolute Gasteiger partial charge is 0.361 e. The number of H-pyrrole nitrogens is 1. The summed E-state index contributed by atoms with van der Waals surface area (Å²) in [5.41, 5.74) is 1.84. The molecular formula is C19H25N3O. The maximum absolute atomic E-state index is 12.7. The molecule has 2 aromatic rings. The van der Waals surface area contributed by atoms with Crippen LogP contribution < -0.4 is 0 Å². The second-order valence-electron chi connectivity index (χ2n) is 6.90. The summed E-state index contributed by atoms with van der Waals surface area (Å²) in [5.74, 6) is 0.171. The molecule has 0 bridgehead atoms. The number of amides is 1. The van der Waals surface area contributed by atoms with Crippen LogP contribution in [-0.2, 0) is 0 Å². The van der Waals surface area contributed by atoms with Gasteiger partial charge in [-0.2, -0.15) is 0 Å². The average Bonchev–Trinajstić information content (AvgIpc) is 3.10. The smallest absolute Gasteiger partial charge is 0.254 e. The summed E-state index contributed by atoms with van der Waals surface area (Å²) in [4.78, 5) is 20.6. The van der Waals surface area contributed by atoms with Crippen molar-refractivity contribution in [2.24, 2.45) is 0 Å². The van der Waals surface area contributed by atoms with Gasteiger partial charge in [0, 0.05) is 49.5 Å². The van der Waals surface area contributed by atoms with Crippen molar-refractivity contribution in [2.75, 3.05) is 26.2 Å². The molecule has 0 radical (unpaired) electrons. The average molecular weight is 311 g/mol. The van der Waals surface area contributed by atoms with Crippen LogP contribution in [-0.4, -0.2) is 52.9 Å². The number of aromatic nitrogens is 1. The van der Waals surface area contributed by atoms with E-state index < -0.39 is 0 Å². The third kappa shape index (κ3) is 3.00. The van der Waals surface area contributed by atoms with Gasteiger partial charge in [0.05, 0.1) is 0 Å². The standard InChI is InChI=1S/C19H25N3O/c23-19(16-7-6-15-8-9-20-18(15)14-16)22-12-10-21(11-13-22)17-4-2-1-3-5-17/h6-9,14,17,20H,1-5,10-13H2. The number of piperazine rings is 1. The summed E-state index contributed by atoms with van der Waals surface area (Å²) in [6.07, 6.45) is 8.76. The molecule has 4 nitrogen and oxygen atoms in total. The van der Waals surface area contributed by atoms with Crippen LogP contribution in [0.4, 0.5) is 0 Å². The van der Waals surface area contributed by atoms with E-state index in [4.69, 9.17) is 0 Å². The molecule has 0 spiro atoms. The minimum Gasteiger partial charge on any atom is -0.361 e. The molecule has 1 aromatic heterocycles. The molecule has 2 fully saturated rings. The number of hydrogen-bond acceptors (Lipinski definition) is 2. The van der Waals surface area contributed by atoms with Crippen LogP contribution in [0.15, 0.2) is 30.5 Å². The molecule has 1 aliphatic carbocycles. The van der Waals surface area contributed by atoms with Gasteiger partial charge in [-0.05, 0) is 36.4 Å². The lowest BCUT2D eigenvalue weighted by molar-refractivity contribution is 0.0523. The van der Waals surface area contributed by atoms with Crippen molar-refractivity contribution in [1.82, 2.24) is 14.8 Å². The topological polar surface area (TPSA) is 39.3 Å². The highest BCUT2D eigenvalue weighted by Crippen LogP contribution is 2.24. The van der Waals surface area contributed by atoms with Crippen molar-refractivity contribution in [3.63, 3.8) is 0 Å². The highest BCUT2D eigenvalue weighted by molar-refractivity contribution is 5.98. The Balaban J connectivity index is 1.40. The number of carbonyl (C=O) groups excluding carboxylic acids is 1. The van der Waals surface area contributed by atoms with Crippen molar-refractivity contribution in [3.8, 4) is 0 Å². The fourth-order valence-electron chi connectivity index (χ4n) is 4.10. The zero-order valence-electron chi connectivity index (χ0n) is 13.6. The monoisotopic (exact) mass is 311 g/mol. The predicted molar refractivity (Wildman–Crippen MR) is 92.6 cm³/mol. The van der Waals surface area contributed by atoms with Gasteiger partial charge in [0.25, 0.3) is 5.91 Å². The number of fused-ring (bicyclic) bond motifs is 1. The minimum absolute atomic E-state index is 0.171. The molecule has 1 aromatic carbocycles. The van der Waals surface area contributed by atoms with E-state index in [-0.39, 0.29) is 5.91 Å². The molecule has 1 aliphatic heterocycles. The van der Waals surface area contributed by atoms with Gasteiger partial charge in [-0.1, -0.05) is 25.3 Å². The van der Waals surface area contributed by atoms with Gasteiger partial charge in [-0.25, -0.2) is 0 Å². The molecule has 0 atom stereocenters. The molecule has 2 aliphatic rings. The van der Waals surface area contributed by atoms with E-state index in [2.05, 4.69) is 9.88 Å². The number of hydrogen-bond donors (Lipinski definition) is 1. The van der Waals surface area contributed by atoms with Crippen molar-refractivity contribution in [1.29, 1.82) is 0 Å². The van der Waals surface area contributed by atoms with Crippen molar-refractivity contribution < 1.29 is 4.79 Å². The number of aromatic amines is 1. The lowest BCUT2D eigenvalue weighted by Gasteiger charge is -2.40. The molecular weight excluding hydrogens is 286 g/mol. The first-order valence-electron chi connectivity index (χ1n) is 8.92. The number of rotatable bonds is 2. The fraction of sp³-hybridized carbons (Fsp3) is 0.526. The van der Waals surface area contributed by atoms with Crippen molar-refractivity contribution in [3.05, 3.63) is 36.0 Å². The van der Waals surface area contributed by atoms with Crippen molar-refractivity contribution >= 4 is 16.8 Å². The van der Waals surface area contributed by atoms with Crippen molar-refractivity contribution in [2.45, 2.75) is 38.1 Å². The first kappa shape index (κ1) is 14.8. The Kier molecular flexibility index (Phi) is 4.08. The van der Waals surface area contributed by atoms with E-state index in [1.54, 1.807) is 0 Å². The third-order valence-electron chi connectivity index (χ3n) is 5.49. The van der Waals surface area contributed by atoms with Gasteiger partial charge in [-0.15, -0.1) is 0 Å². The number of nitrogens with zero attached hydrogens (tertiary/aromatic N) is 2. The Bertz CT molecular complexity index is 679. The Morgan fingerprint density at radius 2 is 1.78 bits per heavy atom. The lowest BCUT2D eigenvalue weighted by atomic mass is 9.94. The van der Waals surface area contributed by atoms with Crippen LogP contribution in [0.2, 0.25) is 0 Å². The molecule has 1 amide bonds. The van der Waals surface area contributed by atoms with Gasteiger partial charge in [0.1, 0.15) is 0 Å². The van der Waals surface area contributed by atoms with E-state index in [1.165, 1.54) is 32.1 Å². The molecule has 1 N–H and O–H groups in total. The summed E-state index contributed by atoms with van der Waals surface area (Å²) in [6.45, 7) is 3.78. The molecule has 122 valence electrons. The first-order chi connectivity index (χ1) is 11.3. The van der Waals surface area contributed by atoms with E-state index >= 15 is 0 Å². The van der Waals surface area contributed by atoms with E-state index in [9.17, 15) is 4.79 Å². The van der Waals surface area contributed by atoms with Gasteiger partial charge < -0.3 is 9.88 Å². The second-order valence-corrected chi connectivity index (χ2v) is 6.90. The highest BCUT2D eigenvalue weighted by Gasteiger charge is 2.27. The maximum Gasteiger partial charge on any atom is 0.254 e. The van der Waals surface area contributed by atoms with E-state index in [0.717, 1.165) is 48.7 Å². The van der Waals surface area contributed by atoms with Crippen LogP contribution in [0.5, 0.6) is 0 Å². The van der Waals surface area contributed by atoms with E-state index in [1.807, 2.05) is 35.4 Å². The Morgan fingerprint density at radius 1 is 1.00 bits per heavy atom. The quantitative estimate of drug-likeness (QED) is 0.924. The Morgan fingerprint density at radius 3 is 2.57 bits per heavy atom. The molecule has 2 heterocycles. The molecule has 0 unspecified atom stereocenters. The Hall–Kier alpha value is -1.81. The van der Waals surface area contributed by atoms with Gasteiger partial charge in [0.15, 0.2) is 0 Å². The van der Waals surface area contributed by atoms with Crippen LogP contribution in [0.3, 0.4) is 0 Å². The van der Waals surface area contributed by atoms with Gasteiger partial charge in [0.2, 0.25) is 0 Å². The van der Waals surface area contributed by atoms with E-state index in [0.29, 0.717) is 0 Å². The Labute approximate surface area is 137 Å². The SMILES string of the molecule is O=C(c1ccc2cc[nH]c2c1)N1CCN(C2CCCCC2)CC1. The number of benzene rings is 1. The second kappa shape index (κ2) is 6.36. The number of carbonyl (C=O) groups is 1. The van der Waals surface area contributed by atoms with Gasteiger partial charge >= 0.3 is 0 Å². The third-order valence-corrected chi connectivity index (χ3v) is 5.49. The fourth-order valence-corrected chi connectivity index (χ4v) is 4.10. The molecule has 4 heteroatoms. The van der Waals surface area contributed by atoms with Crippen LogP contribution in [0.25, 0.3) is 10.9 Å². The summed E-state index contributed by atoms with van der Waals surface area (Å²) in [5, 5.41) is 1.16. The molecule has 4 rings (SSSR count). The van der Waals surface area contributed by atoms with Crippen LogP contribution in [0, 0.1) is 0 Å². The summed E-state index contributed by atoms with van der Waals surface area (Å²) >= 11 is 0. The molecule has 23 heavy (non-hydrogen) atoms. The summed E-state index contributed by atoms with van der Waals surface area (Å²) in [6, 6.07) is 8.75. The number of nitrogens with one attached hydrogen (secondary N) is 1. The molecule has 1 saturated heterocycles. The molecule has 1 saturated carbocycles. The zero-order valence-corrected chi connectivity index (χ0v) is 13.6. The summed E-state index contributed by atoms with van der Waals surface area (Å²) in [7, 11) is 0. The lowest BCUT2D eigenvalue weighted by Crippen LogP contribution is -2.52. The first-order valence-corrected chi connectivity index (χ1v) is 8.92. The normalized spacial score (nSPS) is 21.0. The highest BCUT2D eigenvalue weighted by atomic mass is 16.2. The zero-order chi connectivity index (χ0) is 15.6. The maximum atomic E-state index is 12.7. The van der Waals surface area contributed by atoms with Crippen LogP contribution >= 0.6 is 0 Å².